The normalized spacial score (nSPS) is 42.4. The molecule has 16 heavy (non-hydrogen) atoms. The summed E-state index contributed by atoms with van der Waals surface area (Å²) in [5, 5.41) is 9.27. The predicted molar refractivity (Wildman–Crippen MR) is 68.1 cm³/mol. The van der Waals surface area contributed by atoms with Crippen molar-refractivity contribution >= 4 is 6.92 Å². The monoisotopic (exact) mass is 224 g/mol. The second kappa shape index (κ2) is 5.07. The number of nitrogens with two attached hydrogens (primary N) is 2. The van der Waals surface area contributed by atoms with Gasteiger partial charge in [0.2, 0.25) is 0 Å². The summed E-state index contributed by atoms with van der Waals surface area (Å²) in [5.41, 5.74) is 12.3. The van der Waals surface area contributed by atoms with Gasteiger partial charge >= 0.3 is 0 Å². The Labute approximate surface area is 99.1 Å². The molecule has 0 aromatic rings. The van der Waals surface area contributed by atoms with Crippen molar-refractivity contribution in [3.05, 3.63) is 0 Å². The maximum absolute atomic E-state index is 9.27. The fourth-order valence-electron chi connectivity index (χ4n) is 3.92. The van der Waals surface area contributed by atoms with E-state index in [0.717, 1.165) is 24.6 Å². The first-order chi connectivity index (χ1) is 7.58. The van der Waals surface area contributed by atoms with Crippen LogP contribution in [0.2, 0.25) is 13.1 Å². The molecule has 0 aromatic heterocycles. The Morgan fingerprint density at radius 2 is 2.00 bits per heavy atom. The van der Waals surface area contributed by atoms with Crippen LogP contribution in [-0.2, 0) is 0 Å². The van der Waals surface area contributed by atoms with E-state index in [2.05, 4.69) is 0 Å². The van der Waals surface area contributed by atoms with Crippen LogP contribution in [0.5, 0.6) is 0 Å². The molecule has 0 aromatic carbocycles. The summed E-state index contributed by atoms with van der Waals surface area (Å²) in [6.45, 7) is 1.70. The van der Waals surface area contributed by atoms with E-state index in [4.69, 9.17) is 11.5 Å². The zero-order chi connectivity index (χ0) is 11.7. The molecule has 0 radical (unpaired) electrons. The van der Waals surface area contributed by atoms with Crippen LogP contribution < -0.4 is 11.5 Å². The first kappa shape index (κ1) is 12.4. The molecule has 0 spiro atoms. The van der Waals surface area contributed by atoms with Crippen molar-refractivity contribution in [2.45, 2.75) is 57.3 Å². The lowest BCUT2D eigenvalue weighted by molar-refractivity contribution is 0.313. The largest absolute Gasteiger partial charge is 0.451 e. The Morgan fingerprint density at radius 3 is 2.69 bits per heavy atom. The lowest BCUT2D eigenvalue weighted by Crippen LogP contribution is -2.29. The van der Waals surface area contributed by atoms with Crippen molar-refractivity contribution in [3.63, 3.8) is 0 Å². The minimum atomic E-state index is -0.167. The Bertz CT molecular complexity index is 237. The summed E-state index contributed by atoms with van der Waals surface area (Å²) in [4.78, 5) is 0. The third-order valence-corrected chi connectivity index (χ3v) is 4.62. The van der Waals surface area contributed by atoms with Crippen molar-refractivity contribution in [1.29, 1.82) is 0 Å². The summed E-state index contributed by atoms with van der Waals surface area (Å²) in [6, 6.07) is 0.804. The Kier molecular flexibility index (Phi) is 3.93. The minimum Gasteiger partial charge on any atom is -0.451 e. The molecule has 0 heterocycles. The third-order valence-electron chi connectivity index (χ3n) is 4.62. The molecule has 92 valence electrons. The standard InChI is InChI=1S/C12H25BN2O/c1-13(16)4-2-3-10-11-7-9(14)5-8(11)6-12(10)15/h8-12,16H,2-7,14-15H2,1H3. The van der Waals surface area contributed by atoms with E-state index in [1.807, 2.05) is 6.82 Å². The molecule has 0 bridgehead atoms. The molecule has 4 heteroatoms. The first-order valence-corrected chi connectivity index (χ1v) is 6.77. The fourth-order valence-corrected chi connectivity index (χ4v) is 3.92. The summed E-state index contributed by atoms with van der Waals surface area (Å²) in [5.74, 6) is 2.23. The molecular weight excluding hydrogens is 199 g/mol. The van der Waals surface area contributed by atoms with Gasteiger partial charge in [0.05, 0.1) is 0 Å². The molecule has 0 aliphatic heterocycles. The number of hydrogen-bond acceptors (Lipinski definition) is 3. The second-order valence-electron chi connectivity index (χ2n) is 6.00. The lowest BCUT2D eigenvalue weighted by Gasteiger charge is -2.22. The third kappa shape index (κ3) is 2.61. The van der Waals surface area contributed by atoms with Crippen molar-refractivity contribution in [3.8, 4) is 0 Å². The van der Waals surface area contributed by atoms with Crippen LogP contribution >= 0.6 is 0 Å². The summed E-state index contributed by atoms with van der Waals surface area (Å²) >= 11 is 0. The molecule has 5 unspecified atom stereocenters. The molecule has 5 N–H and O–H groups in total. The number of rotatable bonds is 4. The van der Waals surface area contributed by atoms with Crippen molar-refractivity contribution in [2.24, 2.45) is 29.2 Å². The fraction of sp³-hybridized carbons (Fsp3) is 1.00. The molecule has 2 saturated carbocycles. The molecular formula is C12H25BN2O. The Balaban J connectivity index is 1.83. The molecule has 2 aliphatic rings. The molecule has 0 amide bonds. The zero-order valence-corrected chi connectivity index (χ0v) is 10.3. The zero-order valence-electron chi connectivity index (χ0n) is 10.3. The maximum Gasteiger partial charge on any atom is 0.285 e. The van der Waals surface area contributed by atoms with E-state index in [1.165, 1.54) is 25.7 Å². The van der Waals surface area contributed by atoms with Gasteiger partial charge in [-0.05, 0) is 49.8 Å². The number of hydrogen-bond donors (Lipinski definition) is 3. The van der Waals surface area contributed by atoms with E-state index in [-0.39, 0.29) is 6.92 Å². The van der Waals surface area contributed by atoms with Gasteiger partial charge in [-0.15, -0.1) is 0 Å². The molecule has 2 rings (SSSR count). The van der Waals surface area contributed by atoms with Crippen LogP contribution in [0.1, 0.15) is 32.1 Å². The average Bonchev–Trinajstić information content (AvgIpc) is 2.64. The van der Waals surface area contributed by atoms with E-state index < -0.39 is 0 Å². The van der Waals surface area contributed by atoms with Crippen LogP contribution in [-0.4, -0.2) is 24.0 Å². The number of fused-ring (bicyclic) bond motifs is 1. The van der Waals surface area contributed by atoms with Gasteiger partial charge in [0.1, 0.15) is 0 Å². The maximum atomic E-state index is 9.27. The molecule has 2 aliphatic carbocycles. The van der Waals surface area contributed by atoms with Gasteiger partial charge in [-0.1, -0.05) is 13.2 Å². The topological polar surface area (TPSA) is 72.3 Å². The highest BCUT2D eigenvalue weighted by molar-refractivity contribution is 6.48. The van der Waals surface area contributed by atoms with Gasteiger partial charge in [0.25, 0.3) is 6.92 Å². The van der Waals surface area contributed by atoms with Gasteiger partial charge in [0.15, 0.2) is 0 Å². The van der Waals surface area contributed by atoms with Crippen LogP contribution in [0.25, 0.3) is 0 Å². The average molecular weight is 224 g/mol. The first-order valence-electron chi connectivity index (χ1n) is 6.77. The highest BCUT2D eigenvalue weighted by atomic mass is 16.2. The molecule has 2 fully saturated rings. The SMILES string of the molecule is CB(O)CCCC1C(N)CC2CC(N)CC21. The molecule has 3 nitrogen and oxygen atoms in total. The van der Waals surface area contributed by atoms with Gasteiger partial charge in [-0.2, -0.15) is 0 Å². The molecule has 0 saturated heterocycles. The highest BCUT2D eigenvalue weighted by Crippen LogP contribution is 2.48. The van der Waals surface area contributed by atoms with E-state index in [0.29, 0.717) is 18.0 Å². The van der Waals surface area contributed by atoms with Crippen LogP contribution in [0.15, 0.2) is 0 Å². The van der Waals surface area contributed by atoms with E-state index in [1.54, 1.807) is 0 Å². The van der Waals surface area contributed by atoms with Crippen LogP contribution in [0.3, 0.4) is 0 Å². The smallest absolute Gasteiger partial charge is 0.285 e. The van der Waals surface area contributed by atoms with Gasteiger partial charge in [-0.25, -0.2) is 0 Å². The predicted octanol–water partition coefficient (Wildman–Crippen LogP) is 1.08. The quantitative estimate of drug-likeness (QED) is 0.625. The molecule has 5 atom stereocenters. The van der Waals surface area contributed by atoms with Crippen molar-refractivity contribution in [2.75, 3.05) is 0 Å². The Hall–Kier alpha value is -0.0551. The summed E-state index contributed by atoms with van der Waals surface area (Å²) < 4.78 is 0. The van der Waals surface area contributed by atoms with Crippen molar-refractivity contribution in [1.82, 2.24) is 0 Å². The second-order valence-corrected chi connectivity index (χ2v) is 6.00. The van der Waals surface area contributed by atoms with Crippen LogP contribution in [0, 0.1) is 17.8 Å². The lowest BCUT2D eigenvalue weighted by atomic mass is 9.66. The highest BCUT2D eigenvalue weighted by Gasteiger charge is 2.45. The van der Waals surface area contributed by atoms with E-state index >= 15 is 0 Å². The van der Waals surface area contributed by atoms with Gasteiger partial charge in [0, 0.05) is 12.1 Å². The summed E-state index contributed by atoms with van der Waals surface area (Å²) in [7, 11) is 0. The Morgan fingerprint density at radius 1 is 1.25 bits per heavy atom. The van der Waals surface area contributed by atoms with Gasteiger partial charge in [-0.3, -0.25) is 0 Å². The van der Waals surface area contributed by atoms with E-state index in [9.17, 15) is 5.02 Å². The minimum absolute atomic E-state index is 0.167. The van der Waals surface area contributed by atoms with Gasteiger partial charge < -0.3 is 16.5 Å². The van der Waals surface area contributed by atoms with Crippen LogP contribution in [0.4, 0.5) is 0 Å². The van der Waals surface area contributed by atoms with Crippen molar-refractivity contribution < 1.29 is 5.02 Å². The summed E-state index contributed by atoms with van der Waals surface area (Å²) in [6.07, 6.45) is 6.74.